The van der Waals surface area contributed by atoms with Crippen LogP contribution < -0.4 is 10.6 Å². The summed E-state index contributed by atoms with van der Waals surface area (Å²) in [5.74, 6) is 0. The third kappa shape index (κ3) is 2.79. The Morgan fingerprint density at radius 3 is 1.21 bits per heavy atom. The maximum Gasteiger partial charge on any atom is 0.226 e. The monoisotopic (exact) mass is 234 g/mol. The van der Waals surface area contributed by atoms with E-state index in [1.54, 1.807) is 0 Å². The maximum absolute atomic E-state index is 11.2. The fraction of sp³-hybridized carbons (Fsp3) is 0.250. The first-order chi connectivity index (χ1) is 6.21. The van der Waals surface area contributed by atoms with Gasteiger partial charge in [-0.3, -0.25) is 9.13 Å². The van der Waals surface area contributed by atoms with E-state index in [9.17, 15) is 18.9 Å². The first-order valence-corrected chi connectivity index (χ1v) is 8.14. The van der Waals surface area contributed by atoms with Crippen molar-refractivity contribution in [3.8, 4) is 0 Å². The normalized spacial score (nSPS) is 19.7. The zero-order valence-electron chi connectivity index (χ0n) is 7.91. The van der Waals surface area contributed by atoms with Crippen molar-refractivity contribution in [2.24, 2.45) is 0 Å². The summed E-state index contributed by atoms with van der Waals surface area (Å²) in [5, 5.41) is 0.574. The highest BCUT2D eigenvalue weighted by molar-refractivity contribution is 7.66. The Morgan fingerprint density at radius 1 is 0.857 bits per heavy atom. The molecule has 2 unspecified atom stereocenters. The Labute approximate surface area is 82.5 Å². The fourth-order valence-corrected chi connectivity index (χ4v) is 2.41. The predicted octanol–water partition coefficient (Wildman–Crippen LogP) is 0.738. The molecular weight excluding hydrogens is 222 g/mol. The first kappa shape index (κ1) is 11.7. The van der Waals surface area contributed by atoms with Crippen LogP contribution in [0.2, 0.25) is 0 Å². The highest BCUT2D eigenvalue weighted by Crippen LogP contribution is 2.36. The number of rotatable bonds is 2. The van der Waals surface area contributed by atoms with Gasteiger partial charge in [-0.05, 0) is 24.3 Å². The summed E-state index contributed by atoms with van der Waals surface area (Å²) in [4.78, 5) is 18.4. The third-order valence-electron chi connectivity index (χ3n) is 1.81. The summed E-state index contributed by atoms with van der Waals surface area (Å²) in [5.41, 5.74) is 0. The van der Waals surface area contributed by atoms with Gasteiger partial charge in [0.2, 0.25) is 14.7 Å². The number of hydrogen-bond donors (Lipinski definition) is 2. The average Bonchev–Trinajstić information content (AvgIpc) is 2.01. The van der Waals surface area contributed by atoms with Crippen LogP contribution in [0.25, 0.3) is 0 Å². The van der Waals surface area contributed by atoms with E-state index >= 15 is 0 Å². The zero-order valence-corrected chi connectivity index (χ0v) is 9.70. The van der Waals surface area contributed by atoms with E-state index in [-0.39, 0.29) is 10.6 Å². The molecule has 0 radical (unpaired) electrons. The molecule has 4 nitrogen and oxygen atoms in total. The van der Waals surface area contributed by atoms with Crippen molar-refractivity contribution in [3.05, 3.63) is 24.3 Å². The van der Waals surface area contributed by atoms with Crippen LogP contribution in [-0.4, -0.2) is 23.1 Å². The van der Waals surface area contributed by atoms with Crippen molar-refractivity contribution in [3.63, 3.8) is 0 Å². The van der Waals surface area contributed by atoms with E-state index in [2.05, 4.69) is 0 Å². The van der Waals surface area contributed by atoms with Crippen molar-refractivity contribution in [1.82, 2.24) is 0 Å². The van der Waals surface area contributed by atoms with Crippen molar-refractivity contribution in [1.29, 1.82) is 0 Å². The molecule has 0 aliphatic rings. The van der Waals surface area contributed by atoms with Gasteiger partial charge in [0.15, 0.2) is 0 Å². The minimum absolute atomic E-state index is 0.287. The first-order valence-electron chi connectivity index (χ1n) is 3.93. The van der Waals surface area contributed by atoms with Crippen molar-refractivity contribution in [2.45, 2.75) is 0 Å². The van der Waals surface area contributed by atoms with Gasteiger partial charge in [0.1, 0.15) is 0 Å². The van der Waals surface area contributed by atoms with Gasteiger partial charge in [-0.15, -0.1) is 0 Å². The maximum atomic E-state index is 11.2. The second-order valence-electron chi connectivity index (χ2n) is 3.27. The molecule has 0 saturated heterocycles. The molecule has 2 atom stereocenters. The minimum Gasteiger partial charge on any atom is -0.341 e. The quantitative estimate of drug-likeness (QED) is 0.740. The molecule has 1 aromatic carbocycles. The van der Waals surface area contributed by atoms with E-state index in [4.69, 9.17) is 0 Å². The Morgan fingerprint density at radius 2 is 1.07 bits per heavy atom. The van der Waals surface area contributed by atoms with Gasteiger partial charge < -0.3 is 9.79 Å². The summed E-state index contributed by atoms with van der Waals surface area (Å²) in [6, 6.07) is 5.62. The van der Waals surface area contributed by atoms with Crippen molar-refractivity contribution < 1.29 is 18.9 Å². The standard InChI is InChI=1S/C8H12O4P2/c1-13(9,10)7-3-5-8(6-4-7)14(2,11)12/h3-6H,1-2H3,(H,9,10)(H,11,12). The molecular formula is C8H12O4P2. The number of hydrogen-bond acceptors (Lipinski definition) is 2. The van der Waals surface area contributed by atoms with Gasteiger partial charge in [0.25, 0.3) is 0 Å². The highest BCUT2D eigenvalue weighted by atomic mass is 31.2. The van der Waals surface area contributed by atoms with Crippen LogP contribution in [0, 0.1) is 0 Å². The van der Waals surface area contributed by atoms with Gasteiger partial charge in [-0.1, -0.05) is 0 Å². The molecule has 0 aliphatic heterocycles. The van der Waals surface area contributed by atoms with Gasteiger partial charge >= 0.3 is 0 Å². The van der Waals surface area contributed by atoms with E-state index in [1.165, 1.54) is 37.6 Å². The lowest BCUT2D eigenvalue weighted by Crippen LogP contribution is -2.09. The predicted molar refractivity (Wildman–Crippen MR) is 57.2 cm³/mol. The molecule has 0 amide bonds. The van der Waals surface area contributed by atoms with Gasteiger partial charge in [0.05, 0.1) is 0 Å². The SMILES string of the molecule is CP(=O)(O)c1ccc(P(C)(=O)O)cc1. The second-order valence-corrected chi connectivity index (χ2v) is 7.82. The van der Waals surface area contributed by atoms with E-state index < -0.39 is 14.7 Å². The van der Waals surface area contributed by atoms with Crippen LogP contribution in [0.4, 0.5) is 0 Å². The van der Waals surface area contributed by atoms with E-state index in [0.29, 0.717) is 0 Å². The lowest BCUT2D eigenvalue weighted by Gasteiger charge is -2.08. The van der Waals surface area contributed by atoms with E-state index in [1.807, 2.05) is 0 Å². The molecule has 0 heterocycles. The topological polar surface area (TPSA) is 74.6 Å². The third-order valence-corrected chi connectivity index (χ3v) is 4.32. The Kier molecular flexibility index (Phi) is 3.03. The van der Waals surface area contributed by atoms with Gasteiger partial charge in [0, 0.05) is 23.9 Å². The molecule has 0 spiro atoms. The van der Waals surface area contributed by atoms with Crippen LogP contribution in [0.3, 0.4) is 0 Å². The molecule has 14 heavy (non-hydrogen) atoms. The summed E-state index contributed by atoms with van der Waals surface area (Å²) >= 11 is 0. The Bertz CT molecular complexity index is 370. The van der Waals surface area contributed by atoms with Gasteiger partial charge in [-0.25, -0.2) is 0 Å². The molecule has 0 fully saturated rings. The van der Waals surface area contributed by atoms with E-state index in [0.717, 1.165) is 0 Å². The van der Waals surface area contributed by atoms with Crippen LogP contribution in [0.1, 0.15) is 0 Å². The molecule has 1 rings (SSSR count). The minimum atomic E-state index is -3.26. The lowest BCUT2D eigenvalue weighted by atomic mass is 10.4. The molecule has 1 aromatic rings. The Hall–Kier alpha value is -0.400. The highest BCUT2D eigenvalue weighted by Gasteiger charge is 2.17. The molecule has 0 aromatic heterocycles. The molecule has 0 aliphatic carbocycles. The molecule has 6 heteroatoms. The zero-order chi connectivity index (χ0) is 11.0. The molecule has 0 bridgehead atoms. The van der Waals surface area contributed by atoms with Crippen LogP contribution in [0.15, 0.2) is 24.3 Å². The Balaban J connectivity index is 3.14. The molecule has 78 valence electrons. The average molecular weight is 234 g/mol. The fourth-order valence-electron chi connectivity index (χ4n) is 1.01. The summed E-state index contributed by atoms with van der Waals surface area (Å²) in [6.07, 6.45) is 0. The largest absolute Gasteiger partial charge is 0.341 e. The van der Waals surface area contributed by atoms with Crippen molar-refractivity contribution >= 4 is 25.3 Å². The van der Waals surface area contributed by atoms with Crippen LogP contribution in [0.5, 0.6) is 0 Å². The summed E-state index contributed by atoms with van der Waals surface area (Å²) in [6.45, 7) is 2.46. The van der Waals surface area contributed by atoms with Crippen LogP contribution in [-0.2, 0) is 9.13 Å². The van der Waals surface area contributed by atoms with Crippen LogP contribution >= 0.6 is 14.7 Å². The lowest BCUT2D eigenvalue weighted by molar-refractivity contribution is 0.494. The number of benzene rings is 1. The molecule has 2 N–H and O–H groups in total. The molecule has 0 saturated carbocycles. The van der Waals surface area contributed by atoms with Crippen molar-refractivity contribution in [2.75, 3.05) is 13.3 Å². The van der Waals surface area contributed by atoms with Gasteiger partial charge in [-0.2, -0.15) is 0 Å². The second kappa shape index (κ2) is 3.63. The smallest absolute Gasteiger partial charge is 0.226 e. The summed E-state index contributed by atoms with van der Waals surface area (Å²) < 4.78 is 22.4. The summed E-state index contributed by atoms with van der Waals surface area (Å²) in [7, 11) is -6.52.